The number of guanidine groups is 1. The zero-order chi connectivity index (χ0) is 21.8. The Morgan fingerprint density at radius 3 is 2.70 bits per heavy atom. The van der Waals surface area contributed by atoms with E-state index >= 15 is 4.39 Å². The predicted molar refractivity (Wildman–Crippen MR) is 118 cm³/mol. The number of hydrogen-bond acceptors (Lipinski definition) is 4. The largest absolute Gasteiger partial charge is 0.378 e. The predicted octanol–water partition coefficient (Wildman–Crippen LogP) is 4.26. The first-order valence-electron chi connectivity index (χ1n) is 10.3. The number of nitrogens with zero attached hydrogens (tertiary/aromatic N) is 2. The van der Waals surface area contributed by atoms with Gasteiger partial charge in [0.2, 0.25) is 5.91 Å². The zero-order valence-corrected chi connectivity index (χ0v) is 18.2. The Morgan fingerprint density at radius 2 is 1.97 bits per heavy atom. The zero-order valence-electron chi connectivity index (χ0n) is 18.2. The molecule has 2 aromatic carbocycles. The van der Waals surface area contributed by atoms with Crippen molar-refractivity contribution in [1.82, 2.24) is 4.90 Å². The summed E-state index contributed by atoms with van der Waals surface area (Å²) in [7, 11) is 1.59. The van der Waals surface area contributed by atoms with Crippen molar-refractivity contribution in [3.8, 4) is 0 Å². The third kappa shape index (κ3) is 2.89. The molecule has 3 N–H and O–H groups in total. The van der Waals surface area contributed by atoms with E-state index in [0.29, 0.717) is 5.56 Å². The van der Waals surface area contributed by atoms with Crippen LogP contribution in [-0.2, 0) is 16.8 Å². The molecule has 158 valence electrons. The van der Waals surface area contributed by atoms with Crippen LogP contribution >= 0.6 is 0 Å². The molecule has 2 atom stereocenters. The number of aryl methyl sites for hydroxylation is 2. The molecule has 4 rings (SSSR count). The number of nitrogens with two attached hydrogens (primary N) is 1. The van der Waals surface area contributed by atoms with E-state index in [1.54, 1.807) is 40.0 Å². The summed E-state index contributed by atoms with van der Waals surface area (Å²) in [6, 6.07) is 11.5. The first kappa shape index (κ1) is 20.4. The standard InChI is InChI=1S/C24H29FN4O/c1-14-7-6-8-15-9-12-19(20(14)15)27-16-10-11-18(25)17(13-16)24(4)23(2,3)21(30)29(5)22(26)28-24/h6-8,10-11,13,19,27H,9,12H2,1-5H3,(H2,26,28)/t19?,24-/m1/s1. The summed E-state index contributed by atoms with van der Waals surface area (Å²) in [5, 5.41) is 3.58. The van der Waals surface area contributed by atoms with E-state index in [1.165, 1.54) is 27.7 Å². The lowest BCUT2D eigenvalue weighted by atomic mass is 9.67. The van der Waals surface area contributed by atoms with Crippen LogP contribution in [-0.4, -0.2) is 23.8 Å². The first-order chi connectivity index (χ1) is 14.1. The molecule has 0 aromatic heterocycles. The molecule has 30 heavy (non-hydrogen) atoms. The molecule has 0 spiro atoms. The van der Waals surface area contributed by atoms with Gasteiger partial charge in [-0.15, -0.1) is 0 Å². The molecule has 1 unspecified atom stereocenters. The number of aliphatic imine (C=N–C) groups is 1. The maximum absolute atomic E-state index is 15.0. The molecule has 0 radical (unpaired) electrons. The number of carbonyl (C=O) groups excluding carboxylic acids is 1. The number of halogens is 1. The van der Waals surface area contributed by atoms with Crippen LogP contribution in [0.2, 0.25) is 0 Å². The molecule has 6 heteroatoms. The van der Waals surface area contributed by atoms with Crippen LogP contribution in [0.15, 0.2) is 41.4 Å². The van der Waals surface area contributed by atoms with E-state index in [2.05, 4.69) is 35.4 Å². The maximum Gasteiger partial charge on any atom is 0.237 e. The molecule has 1 aliphatic heterocycles. The third-order valence-electron chi connectivity index (χ3n) is 7.04. The van der Waals surface area contributed by atoms with E-state index in [-0.39, 0.29) is 17.9 Å². The summed E-state index contributed by atoms with van der Waals surface area (Å²) >= 11 is 0. The van der Waals surface area contributed by atoms with Crippen LogP contribution in [0, 0.1) is 18.2 Å². The van der Waals surface area contributed by atoms with Gasteiger partial charge in [0.25, 0.3) is 0 Å². The molecule has 1 heterocycles. The fourth-order valence-corrected chi connectivity index (χ4v) is 4.81. The summed E-state index contributed by atoms with van der Waals surface area (Å²) in [5.74, 6) is -0.483. The van der Waals surface area contributed by atoms with Crippen molar-refractivity contribution >= 4 is 17.6 Å². The molecule has 2 aliphatic rings. The minimum absolute atomic E-state index is 0.0972. The molecule has 0 saturated carbocycles. The highest BCUT2D eigenvalue weighted by Gasteiger charge is 2.53. The molecule has 1 amide bonds. The van der Waals surface area contributed by atoms with E-state index < -0.39 is 16.8 Å². The van der Waals surface area contributed by atoms with Gasteiger partial charge in [0, 0.05) is 18.3 Å². The van der Waals surface area contributed by atoms with E-state index in [1.807, 2.05) is 0 Å². The smallest absolute Gasteiger partial charge is 0.237 e. The fourth-order valence-electron chi connectivity index (χ4n) is 4.81. The normalized spacial score (nSPS) is 25.1. The van der Waals surface area contributed by atoms with Gasteiger partial charge in [-0.05, 0) is 75.4 Å². The third-order valence-corrected chi connectivity index (χ3v) is 7.04. The Kier molecular flexibility index (Phi) is 4.64. The summed E-state index contributed by atoms with van der Waals surface area (Å²) < 4.78 is 15.0. The van der Waals surface area contributed by atoms with Crippen LogP contribution < -0.4 is 11.1 Å². The van der Waals surface area contributed by atoms with E-state index in [0.717, 1.165) is 18.5 Å². The van der Waals surface area contributed by atoms with E-state index in [9.17, 15) is 4.79 Å². The van der Waals surface area contributed by atoms with Crippen molar-refractivity contribution in [3.63, 3.8) is 0 Å². The van der Waals surface area contributed by atoms with Gasteiger partial charge in [0.15, 0.2) is 5.96 Å². The lowest BCUT2D eigenvalue weighted by Gasteiger charge is -2.46. The van der Waals surface area contributed by atoms with Gasteiger partial charge in [-0.1, -0.05) is 18.2 Å². The van der Waals surface area contributed by atoms with E-state index in [4.69, 9.17) is 5.73 Å². The van der Waals surface area contributed by atoms with Gasteiger partial charge in [-0.3, -0.25) is 9.69 Å². The number of hydrogen-bond donors (Lipinski definition) is 2. The lowest BCUT2D eigenvalue weighted by Crippen LogP contribution is -2.58. The van der Waals surface area contributed by atoms with Crippen LogP contribution in [0.4, 0.5) is 10.1 Å². The Hall–Kier alpha value is -2.89. The molecule has 0 saturated heterocycles. The van der Waals surface area contributed by atoms with Crippen molar-refractivity contribution < 1.29 is 9.18 Å². The maximum atomic E-state index is 15.0. The Morgan fingerprint density at radius 1 is 1.23 bits per heavy atom. The second-order valence-corrected chi connectivity index (χ2v) is 9.11. The highest BCUT2D eigenvalue weighted by molar-refractivity contribution is 6.01. The highest BCUT2D eigenvalue weighted by atomic mass is 19.1. The minimum Gasteiger partial charge on any atom is -0.378 e. The summed E-state index contributed by atoms with van der Waals surface area (Å²) in [6.45, 7) is 7.48. The van der Waals surface area contributed by atoms with Gasteiger partial charge in [-0.25, -0.2) is 9.38 Å². The van der Waals surface area contributed by atoms with Gasteiger partial charge in [0.05, 0.1) is 11.5 Å². The SMILES string of the molecule is Cc1cccc2c1C(Nc1ccc(F)c([C@@]3(C)N=C(N)N(C)C(=O)C3(C)C)c1)CC2. The van der Waals surface area contributed by atoms with Crippen molar-refractivity contribution in [2.75, 3.05) is 12.4 Å². The highest BCUT2D eigenvalue weighted by Crippen LogP contribution is 2.48. The van der Waals surface area contributed by atoms with Crippen molar-refractivity contribution in [2.45, 2.75) is 52.1 Å². The summed E-state index contributed by atoms with van der Waals surface area (Å²) in [6.07, 6.45) is 2.01. The number of nitrogens with one attached hydrogen (secondary N) is 1. The summed E-state index contributed by atoms with van der Waals surface area (Å²) in [4.78, 5) is 18.8. The Bertz CT molecular complexity index is 1060. The number of fused-ring (bicyclic) bond motifs is 1. The molecule has 0 bridgehead atoms. The van der Waals surface area contributed by atoms with Gasteiger partial charge < -0.3 is 11.1 Å². The first-order valence-corrected chi connectivity index (χ1v) is 10.3. The van der Waals surface area contributed by atoms with Crippen LogP contribution in [0.1, 0.15) is 55.5 Å². The van der Waals surface area contributed by atoms with Crippen LogP contribution in [0.3, 0.4) is 0 Å². The van der Waals surface area contributed by atoms with Gasteiger partial charge in [-0.2, -0.15) is 0 Å². The molecule has 2 aromatic rings. The fraction of sp³-hybridized carbons (Fsp3) is 0.417. The van der Waals surface area contributed by atoms with Gasteiger partial charge >= 0.3 is 0 Å². The second-order valence-electron chi connectivity index (χ2n) is 9.11. The quantitative estimate of drug-likeness (QED) is 0.797. The van der Waals surface area contributed by atoms with Gasteiger partial charge in [0.1, 0.15) is 11.4 Å². The number of benzene rings is 2. The van der Waals surface area contributed by atoms with Crippen LogP contribution in [0.25, 0.3) is 0 Å². The molecular formula is C24H29FN4O. The van der Waals surface area contributed by atoms with Crippen molar-refractivity contribution in [2.24, 2.45) is 16.1 Å². The molecule has 0 fully saturated rings. The van der Waals surface area contributed by atoms with Crippen molar-refractivity contribution in [3.05, 3.63) is 64.5 Å². The second kappa shape index (κ2) is 6.83. The number of anilines is 1. The average Bonchev–Trinajstić information content (AvgIpc) is 3.11. The minimum atomic E-state index is -1.12. The number of rotatable bonds is 3. The Labute approximate surface area is 177 Å². The molecular weight excluding hydrogens is 379 g/mol. The monoisotopic (exact) mass is 408 g/mol. The molecule has 5 nitrogen and oxygen atoms in total. The topological polar surface area (TPSA) is 70.7 Å². The number of amides is 1. The average molecular weight is 409 g/mol. The number of carbonyl (C=O) groups is 1. The lowest BCUT2D eigenvalue weighted by molar-refractivity contribution is -0.140. The summed E-state index contributed by atoms with van der Waals surface area (Å²) in [5.41, 5.74) is 9.06. The molecule has 1 aliphatic carbocycles. The van der Waals surface area contributed by atoms with Crippen molar-refractivity contribution in [1.29, 1.82) is 0 Å². The van der Waals surface area contributed by atoms with Crippen LogP contribution in [0.5, 0.6) is 0 Å². The Balaban J connectivity index is 1.75.